The highest BCUT2D eigenvalue weighted by atomic mass is 19.3. The van der Waals surface area contributed by atoms with Crippen LogP contribution in [0.15, 0.2) is 18.2 Å². The van der Waals surface area contributed by atoms with Crippen LogP contribution in [0.4, 0.5) is 8.78 Å². The Balaban J connectivity index is 3.33. The summed E-state index contributed by atoms with van der Waals surface area (Å²) in [6, 6.07) is 4.28. The molecule has 0 amide bonds. The van der Waals surface area contributed by atoms with Gasteiger partial charge in [-0.2, -0.15) is 0 Å². The standard InChI is InChI=1S/C11H13F2NO/c1-7-3-4-9(11(2,12)13)8(5-7)10(15)6-14/h3-5H,6,14H2,1-2H3. The molecule has 0 aliphatic heterocycles. The minimum Gasteiger partial charge on any atom is -0.324 e. The van der Waals surface area contributed by atoms with Crippen molar-refractivity contribution >= 4 is 5.78 Å². The molecule has 2 N–H and O–H groups in total. The van der Waals surface area contributed by atoms with Crippen LogP contribution in [-0.4, -0.2) is 12.3 Å². The first-order valence-electron chi connectivity index (χ1n) is 4.58. The summed E-state index contributed by atoms with van der Waals surface area (Å²) < 4.78 is 26.3. The number of rotatable bonds is 3. The fourth-order valence-corrected chi connectivity index (χ4v) is 1.38. The van der Waals surface area contributed by atoms with Crippen molar-refractivity contribution in [1.29, 1.82) is 0 Å². The summed E-state index contributed by atoms with van der Waals surface area (Å²) in [4.78, 5) is 11.4. The van der Waals surface area contributed by atoms with Gasteiger partial charge in [0.25, 0.3) is 5.92 Å². The zero-order valence-electron chi connectivity index (χ0n) is 8.68. The van der Waals surface area contributed by atoms with Gasteiger partial charge in [0.05, 0.1) is 6.54 Å². The van der Waals surface area contributed by atoms with Crippen LogP contribution in [-0.2, 0) is 5.92 Å². The van der Waals surface area contributed by atoms with E-state index in [1.54, 1.807) is 13.0 Å². The first-order chi connectivity index (χ1) is 6.86. The van der Waals surface area contributed by atoms with E-state index < -0.39 is 11.7 Å². The van der Waals surface area contributed by atoms with Crippen molar-refractivity contribution in [3.8, 4) is 0 Å². The van der Waals surface area contributed by atoms with Gasteiger partial charge in [-0.15, -0.1) is 0 Å². The third-order valence-electron chi connectivity index (χ3n) is 2.13. The topological polar surface area (TPSA) is 43.1 Å². The smallest absolute Gasteiger partial charge is 0.271 e. The van der Waals surface area contributed by atoms with Crippen molar-refractivity contribution in [2.24, 2.45) is 5.73 Å². The lowest BCUT2D eigenvalue weighted by molar-refractivity contribution is 0.0165. The van der Waals surface area contributed by atoms with Gasteiger partial charge in [0, 0.05) is 18.1 Å². The number of halogens is 2. The summed E-state index contributed by atoms with van der Waals surface area (Å²) in [6.45, 7) is 2.25. The lowest BCUT2D eigenvalue weighted by atomic mass is 9.97. The van der Waals surface area contributed by atoms with Gasteiger partial charge in [-0.25, -0.2) is 8.78 Å². The Kier molecular flexibility index (Phi) is 3.19. The number of nitrogens with two attached hydrogens (primary N) is 1. The van der Waals surface area contributed by atoms with Crippen LogP contribution in [0.1, 0.15) is 28.4 Å². The highest BCUT2D eigenvalue weighted by molar-refractivity contribution is 5.99. The SMILES string of the molecule is Cc1ccc(C(C)(F)F)c(C(=O)CN)c1. The number of hydrogen-bond donors (Lipinski definition) is 1. The highest BCUT2D eigenvalue weighted by Crippen LogP contribution is 2.30. The molecular weight excluding hydrogens is 200 g/mol. The minimum atomic E-state index is -3.02. The zero-order chi connectivity index (χ0) is 11.6. The van der Waals surface area contributed by atoms with E-state index in [0.717, 1.165) is 12.5 Å². The van der Waals surface area contributed by atoms with E-state index in [1.165, 1.54) is 12.1 Å². The van der Waals surface area contributed by atoms with Crippen LogP contribution in [0.3, 0.4) is 0 Å². The number of ketones is 1. The molecule has 0 aliphatic rings. The molecule has 82 valence electrons. The fraction of sp³-hybridized carbons (Fsp3) is 0.364. The monoisotopic (exact) mass is 213 g/mol. The molecule has 2 nitrogen and oxygen atoms in total. The molecule has 0 heterocycles. The van der Waals surface area contributed by atoms with Gasteiger partial charge in [0.15, 0.2) is 5.78 Å². The summed E-state index contributed by atoms with van der Waals surface area (Å²) in [5.74, 6) is -3.48. The molecular formula is C11H13F2NO. The van der Waals surface area contributed by atoms with Crippen LogP contribution in [0.5, 0.6) is 0 Å². The maximum Gasteiger partial charge on any atom is 0.271 e. The van der Waals surface area contributed by atoms with E-state index in [0.29, 0.717) is 0 Å². The van der Waals surface area contributed by atoms with E-state index in [1.807, 2.05) is 0 Å². The predicted octanol–water partition coefficient (Wildman–Crippen LogP) is 2.25. The lowest BCUT2D eigenvalue weighted by Crippen LogP contribution is -2.20. The Bertz CT molecular complexity index is 383. The number of carbonyl (C=O) groups excluding carboxylic acids is 1. The van der Waals surface area contributed by atoms with Crippen LogP contribution in [0.2, 0.25) is 0 Å². The molecule has 0 aromatic heterocycles. The van der Waals surface area contributed by atoms with E-state index >= 15 is 0 Å². The largest absolute Gasteiger partial charge is 0.324 e. The highest BCUT2D eigenvalue weighted by Gasteiger charge is 2.29. The summed E-state index contributed by atoms with van der Waals surface area (Å²) in [5, 5.41) is 0. The second-order valence-corrected chi connectivity index (χ2v) is 3.56. The molecule has 0 bridgehead atoms. The molecule has 1 aromatic carbocycles. The molecule has 1 rings (SSSR count). The third-order valence-corrected chi connectivity index (χ3v) is 2.13. The average Bonchev–Trinajstić information content (AvgIpc) is 2.14. The summed E-state index contributed by atoms with van der Waals surface area (Å²) in [6.07, 6.45) is 0. The van der Waals surface area contributed by atoms with Gasteiger partial charge in [0.1, 0.15) is 0 Å². The van der Waals surface area contributed by atoms with E-state index in [2.05, 4.69) is 0 Å². The molecule has 15 heavy (non-hydrogen) atoms. The van der Waals surface area contributed by atoms with Gasteiger partial charge in [-0.05, 0) is 13.0 Å². The van der Waals surface area contributed by atoms with Crippen LogP contribution < -0.4 is 5.73 Å². The number of aryl methyl sites for hydroxylation is 1. The number of hydrogen-bond acceptors (Lipinski definition) is 2. The average molecular weight is 213 g/mol. The van der Waals surface area contributed by atoms with Crippen LogP contribution >= 0.6 is 0 Å². The molecule has 0 unspecified atom stereocenters. The molecule has 0 fully saturated rings. The van der Waals surface area contributed by atoms with E-state index in [9.17, 15) is 13.6 Å². The first kappa shape index (κ1) is 11.8. The van der Waals surface area contributed by atoms with Crippen molar-refractivity contribution in [3.05, 3.63) is 34.9 Å². The molecule has 0 atom stereocenters. The molecule has 0 saturated heterocycles. The second kappa shape index (κ2) is 4.06. The molecule has 1 aromatic rings. The van der Waals surface area contributed by atoms with Crippen LogP contribution in [0.25, 0.3) is 0 Å². The lowest BCUT2D eigenvalue weighted by Gasteiger charge is -2.15. The van der Waals surface area contributed by atoms with Gasteiger partial charge < -0.3 is 5.73 Å². The fourth-order valence-electron chi connectivity index (χ4n) is 1.38. The quantitative estimate of drug-likeness (QED) is 0.782. The Morgan fingerprint density at radius 3 is 2.53 bits per heavy atom. The van der Waals surface area contributed by atoms with E-state index in [4.69, 9.17) is 5.73 Å². The van der Waals surface area contributed by atoms with Crippen molar-refractivity contribution < 1.29 is 13.6 Å². The second-order valence-electron chi connectivity index (χ2n) is 3.56. The summed E-state index contributed by atoms with van der Waals surface area (Å²) in [5.41, 5.74) is 5.69. The zero-order valence-corrected chi connectivity index (χ0v) is 8.68. The first-order valence-corrected chi connectivity index (χ1v) is 4.58. The number of alkyl halides is 2. The number of benzene rings is 1. The maximum absolute atomic E-state index is 13.2. The van der Waals surface area contributed by atoms with Crippen molar-refractivity contribution in [2.75, 3.05) is 6.54 Å². The molecule has 4 heteroatoms. The van der Waals surface area contributed by atoms with Crippen molar-refractivity contribution in [2.45, 2.75) is 19.8 Å². The Morgan fingerprint density at radius 2 is 2.07 bits per heavy atom. The molecule has 0 saturated carbocycles. The summed E-state index contributed by atoms with van der Waals surface area (Å²) in [7, 11) is 0. The van der Waals surface area contributed by atoms with Gasteiger partial charge >= 0.3 is 0 Å². The predicted molar refractivity (Wildman–Crippen MR) is 54.1 cm³/mol. The number of carbonyl (C=O) groups is 1. The minimum absolute atomic E-state index is 0.0185. The van der Waals surface area contributed by atoms with Crippen LogP contribution in [0, 0.1) is 6.92 Å². The maximum atomic E-state index is 13.2. The van der Waals surface area contributed by atoms with Crippen molar-refractivity contribution in [3.63, 3.8) is 0 Å². The number of Topliss-reactive ketones (excluding diaryl/α,β-unsaturated/α-hetero) is 1. The van der Waals surface area contributed by atoms with E-state index in [-0.39, 0.29) is 17.7 Å². The molecule has 0 spiro atoms. The van der Waals surface area contributed by atoms with Gasteiger partial charge in [-0.3, -0.25) is 4.79 Å². The van der Waals surface area contributed by atoms with Gasteiger partial charge in [0.2, 0.25) is 0 Å². The third kappa shape index (κ3) is 2.59. The molecule has 0 aliphatic carbocycles. The Hall–Kier alpha value is -1.29. The summed E-state index contributed by atoms with van der Waals surface area (Å²) >= 11 is 0. The molecule has 0 radical (unpaired) electrons. The Morgan fingerprint density at radius 1 is 1.47 bits per heavy atom. The normalized spacial score (nSPS) is 11.5. The van der Waals surface area contributed by atoms with Crippen molar-refractivity contribution in [1.82, 2.24) is 0 Å². The Labute approximate surface area is 87.1 Å². The van der Waals surface area contributed by atoms with Gasteiger partial charge in [-0.1, -0.05) is 17.7 Å².